The fourth-order valence-corrected chi connectivity index (χ4v) is 7.33. The quantitative estimate of drug-likeness (QED) is 0.176. The van der Waals surface area contributed by atoms with Gasteiger partial charge in [0.1, 0.15) is 42.7 Å². The summed E-state index contributed by atoms with van der Waals surface area (Å²) in [6.45, 7) is 4.62. The molecule has 2 saturated heterocycles. The van der Waals surface area contributed by atoms with Gasteiger partial charge in [0, 0.05) is 6.92 Å². The van der Waals surface area contributed by atoms with Gasteiger partial charge in [-0.05, 0) is 38.0 Å². The van der Waals surface area contributed by atoms with Crippen molar-refractivity contribution in [1.29, 1.82) is 0 Å². The number of hydrogen-bond donors (Lipinski definition) is 6. The lowest BCUT2D eigenvalue weighted by Gasteiger charge is -2.48. The van der Waals surface area contributed by atoms with Crippen molar-refractivity contribution < 1.29 is 67.6 Å². The van der Waals surface area contributed by atoms with Crippen molar-refractivity contribution in [1.82, 2.24) is 5.32 Å². The van der Waals surface area contributed by atoms with E-state index in [1.54, 1.807) is 0 Å². The molecule has 2 heterocycles. The fourth-order valence-electron chi connectivity index (χ4n) is 7.33. The highest BCUT2D eigenvalue weighted by molar-refractivity contribution is 5.73. The summed E-state index contributed by atoms with van der Waals surface area (Å²) in [5.41, 5.74) is 0. The number of rotatable bonds is 12. The summed E-state index contributed by atoms with van der Waals surface area (Å²) < 4.78 is 58.3. The molecule has 0 bridgehead atoms. The number of carbonyl (C=O) groups is 2. The number of hydrogen-bond acceptors (Lipinski definition) is 11. The summed E-state index contributed by atoms with van der Waals surface area (Å²) in [4.78, 5) is 24.7. The van der Waals surface area contributed by atoms with Gasteiger partial charge in [-0.15, -0.1) is 0 Å². The van der Waals surface area contributed by atoms with E-state index in [0.29, 0.717) is 25.7 Å². The summed E-state index contributed by atoms with van der Waals surface area (Å²) in [5, 5.41) is 54.7. The van der Waals surface area contributed by atoms with Crippen LogP contribution in [0.5, 0.6) is 0 Å². The number of carboxylic acid groups (broad SMARTS) is 1. The van der Waals surface area contributed by atoms with Crippen LogP contribution in [0.4, 0.5) is 8.78 Å². The topological polar surface area (TPSA) is 193 Å². The number of ether oxygens (including phenoxy) is 5. The zero-order valence-corrected chi connectivity index (χ0v) is 26.7. The van der Waals surface area contributed by atoms with Crippen molar-refractivity contribution in [3.8, 4) is 0 Å². The van der Waals surface area contributed by atoms with Gasteiger partial charge in [-0.3, -0.25) is 4.79 Å². The summed E-state index contributed by atoms with van der Waals surface area (Å²) >= 11 is 0. The normalized spacial score (nSPS) is 41.7. The van der Waals surface area contributed by atoms with Crippen LogP contribution in [0.15, 0.2) is 0 Å². The molecule has 6 N–H and O–H groups in total. The van der Waals surface area contributed by atoms with Crippen LogP contribution in [0.1, 0.15) is 85.0 Å². The molecule has 2 aliphatic heterocycles. The number of nitrogens with one attached hydrogen (secondary N) is 1. The Balaban J connectivity index is 1.60. The summed E-state index contributed by atoms with van der Waals surface area (Å²) in [6, 6.07) is -1.37. The van der Waals surface area contributed by atoms with Crippen molar-refractivity contribution in [3.05, 3.63) is 0 Å². The number of alkyl halides is 2. The number of aliphatic hydroxyl groups excluding tert-OH is 4. The van der Waals surface area contributed by atoms with Gasteiger partial charge < -0.3 is 54.5 Å². The molecular weight excluding hydrogens is 616 g/mol. The Morgan fingerprint density at radius 3 is 2.17 bits per heavy atom. The predicted molar refractivity (Wildman–Crippen MR) is 155 cm³/mol. The molecule has 4 fully saturated rings. The third kappa shape index (κ3) is 8.91. The Morgan fingerprint density at radius 1 is 0.870 bits per heavy atom. The van der Waals surface area contributed by atoms with Crippen LogP contribution in [-0.2, 0) is 33.3 Å². The van der Waals surface area contributed by atoms with Crippen LogP contribution in [0.3, 0.4) is 0 Å². The lowest BCUT2D eigenvalue weighted by molar-refractivity contribution is -0.341. The van der Waals surface area contributed by atoms with Gasteiger partial charge >= 0.3 is 5.97 Å². The van der Waals surface area contributed by atoms with Crippen molar-refractivity contribution in [3.63, 3.8) is 0 Å². The Labute approximate surface area is 267 Å². The van der Waals surface area contributed by atoms with Crippen LogP contribution >= 0.6 is 0 Å². The van der Waals surface area contributed by atoms with E-state index >= 15 is 0 Å². The molecule has 46 heavy (non-hydrogen) atoms. The van der Waals surface area contributed by atoms with E-state index in [2.05, 4.69) is 5.32 Å². The molecule has 0 spiro atoms. The van der Waals surface area contributed by atoms with Crippen molar-refractivity contribution in [2.75, 3.05) is 0 Å². The van der Waals surface area contributed by atoms with Crippen LogP contribution in [-0.4, -0.2) is 123 Å². The Bertz CT molecular complexity index is 989. The number of aliphatic carboxylic acids is 1. The second kappa shape index (κ2) is 16.7. The summed E-state index contributed by atoms with van der Waals surface area (Å²) in [7, 11) is 0. The largest absolute Gasteiger partial charge is 0.479 e. The highest BCUT2D eigenvalue weighted by Gasteiger charge is 2.53. The minimum atomic E-state index is -3.20. The first kappa shape index (κ1) is 37.3. The molecule has 2 saturated carbocycles. The number of carboxylic acids is 1. The molecule has 266 valence electrons. The number of halogens is 2. The third-order valence-corrected chi connectivity index (χ3v) is 9.93. The van der Waals surface area contributed by atoms with E-state index in [1.165, 1.54) is 13.8 Å². The van der Waals surface area contributed by atoms with Gasteiger partial charge in [-0.2, -0.15) is 0 Å². The first-order valence-electron chi connectivity index (χ1n) is 16.6. The molecule has 3 unspecified atom stereocenters. The minimum Gasteiger partial charge on any atom is -0.479 e. The highest BCUT2D eigenvalue weighted by Crippen LogP contribution is 2.38. The lowest BCUT2D eigenvalue weighted by atomic mass is 9.82. The summed E-state index contributed by atoms with van der Waals surface area (Å²) in [6.07, 6.45) is -13.2. The van der Waals surface area contributed by atoms with Crippen molar-refractivity contribution in [2.45, 2.75) is 171 Å². The molecule has 13 nitrogen and oxygen atoms in total. The lowest BCUT2D eigenvalue weighted by Crippen LogP contribution is -2.67. The Hall–Kier alpha value is -1.56. The smallest absolute Gasteiger partial charge is 0.332 e. The number of carbonyl (C=O) groups excluding carboxylic acids is 1. The first-order valence-corrected chi connectivity index (χ1v) is 16.6. The van der Waals surface area contributed by atoms with E-state index < -0.39 is 98.0 Å². The monoisotopic (exact) mass is 667 g/mol. The van der Waals surface area contributed by atoms with E-state index in [4.69, 9.17) is 23.7 Å². The zero-order valence-electron chi connectivity index (χ0n) is 26.7. The maximum atomic E-state index is 14.3. The Morgan fingerprint density at radius 2 is 1.57 bits per heavy atom. The van der Waals surface area contributed by atoms with Crippen molar-refractivity contribution >= 4 is 11.9 Å². The van der Waals surface area contributed by atoms with Crippen LogP contribution in [0.25, 0.3) is 0 Å². The maximum Gasteiger partial charge on any atom is 0.332 e. The summed E-state index contributed by atoms with van der Waals surface area (Å²) in [5.74, 6) is -2.02. The minimum absolute atomic E-state index is 0.0508. The fraction of sp³-hybridized carbons (Fsp3) is 0.935. The molecular formula is C31H51F2NO12. The molecule has 1 amide bonds. The average molecular weight is 668 g/mol. The van der Waals surface area contributed by atoms with Crippen LogP contribution in [0, 0.1) is 11.8 Å². The average Bonchev–Trinajstić information content (AvgIpc) is 3.01. The number of aliphatic hydroxyl groups is 4. The van der Waals surface area contributed by atoms with E-state index in [1.807, 2.05) is 6.92 Å². The molecule has 0 aromatic carbocycles. The van der Waals surface area contributed by atoms with Gasteiger partial charge in [0.05, 0.1) is 18.3 Å². The Kier molecular flexibility index (Phi) is 13.5. The van der Waals surface area contributed by atoms with Gasteiger partial charge in [0.2, 0.25) is 5.91 Å². The van der Waals surface area contributed by atoms with E-state index in [-0.39, 0.29) is 18.3 Å². The van der Waals surface area contributed by atoms with Gasteiger partial charge in [0.25, 0.3) is 6.43 Å². The van der Waals surface area contributed by atoms with Crippen molar-refractivity contribution in [2.24, 2.45) is 11.8 Å². The van der Waals surface area contributed by atoms with Gasteiger partial charge in [-0.1, -0.05) is 51.9 Å². The second-order valence-corrected chi connectivity index (χ2v) is 13.2. The molecule has 0 aromatic heterocycles. The molecule has 14 atom stereocenters. The molecule has 4 aliphatic rings. The SMILES string of the molecule is CC[C@H]1CCCC(O[C@@H]2O[C@H](C(F)F)[C@H](O)[C@H](OC(CC3CCCCC3)C(=O)O)[C@H]2NC(C)=O)[C@@H]1OC1O[C@@H](C)[C@@H](O)[C@H](O)[C@@H]1O. The van der Waals surface area contributed by atoms with Crippen LogP contribution in [0.2, 0.25) is 0 Å². The zero-order chi connectivity index (χ0) is 33.7. The first-order chi connectivity index (χ1) is 21.8. The highest BCUT2D eigenvalue weighted by atomic mass is 19.3. The van der Waals surface area contributed by atoms with Gasteiger partial charge in [-0.25, -0.2) is 13.6 Å². The number of amides is 1. The van der Waals surface area contributed by atoms with E-state index in [0.717, 1.165) is 32.1 Å². The standard InChI is InChI=1S/C31H51F2NO12/c1-4-17-11-8-12-18(25(17)45-31-23(38)22(37)21(36)14(2)42-31)44-30-20(34-15(3)35)26(24(39)27(46-30)28(32)33)43-19(29(40)41)13-16-9-6-5-7-10-16/h14,16-28,30-31,36-39H,4-13H2,1-3H3,(H,34,35)(H,40,41)/t14-,17-,18?,19?,20+,21+,22-,23-,24+,25+,26+,27-,30+,31?/m0/s1. The molecule has 0 radical (unpaired) electrons. The molecule has 0 aromatic rings. The maximum absolute atomic E-state index is 14.3. The van der Waals surface area contributed by atoms with E-state index in [9.17, 15) is 43.9 Å². The third-order valence-electron chi connectivity index (χ3n) is 9.93. The van der Waals surface area contributed by atoms with Gasteiger partial charge in [0.15, 0.2) is 18.7 Å². The second-order valence-electron chi connectivity index (χ2n) is 13.2. The molecule has 2 aliphatic carbocycles. The predicted octanol–water partition coefficient (Wildman–Crippen LogP) is 1.46. The molecule has 4 rings (SSSR count). The molecule has 15 heteroatoms. The van der Waals surface area contributed by atoms with Crippen LogP contribution < -0.4 is 5.32 Å².